The van der Waals surface area contributed by atoms with Gasteiger partial charge in [-0.15, -0.1) is 60.2 Å². The average Bonchev–Trinajstić information content (AvgIpc) is 1.63. The molecule has 0 bridgehead atoms. The molecule has 0 saturated heterocycles. The van der Waals surface area contributed by atoms with E-state index < -0.39 is 6.09 Å². The molecule has 0 spiro atoms. The SMILES string of the molecule is C#CCCC(=O)Nc1cccc(CC)c1.C#CCCOCCCC(=O)c1cccc(CC)c1.CC1=C(C)C(=O)N(CCNC(=O)OCC2C3CCC#CCCC32)C1=O.CC1=C(C)C(=O)N(CCOCCCC(=O)OCC2C3CCC#CCCC32)C1=O.CCC.CCC.CCC.CCc1cccc(C(=O)CCCOCCCC(=O)OCC2C3CCC#CCCC32)c1. The molecule has 6 unspecified atom stereocenters. The zero-order valence-corrected chi connectivity index (χ0v) is 77.7. The second-order valence-electron chi connectivity index (χ2n) is 32.8. The van der Waals surface area contributed by atoms with Crippen LogP contribution in [0.3, 0.4) is 0 Å². The van der Waals surface area contributed by atoms with Crippen molar-refractivity contribution in [1.29, 1.82) is 0 Å². The molecule has 125 heavy (non-hydrogen) atoms. The molecule has 6 aliphatic carbocycles. The number of amides is 6. The number of ether oxygens (including phenoxy) is 6. The summed E-state index contributed by atoms with van der Waals surface area (Å²) < 4.78 is 32.6. The number of esters is 2. The van der Waals surface area contributed by atoms with Gasteiger partial charge in [0.25, 0.3) is 23.6 Å². The summed E-state index contributed by atoms with van der Waals surface area (Å²) in [5, 5.41) is 5.44. The van der Waals surface area contributed by atoms with Crippen molar-refractivity contribution in [1.82, 2.24) is 15.1 Å². The highest BCUT2D eigenvalue weighted by atomic mass is 16.6. The van der Waals surface area contributed by atoms with E-state index in [1.807, 2.05) is 72.8 Å². The Labute approximate surface area is 749 Å². The van der Waals surface area contributed by atoms with E-state index in [2.05, 4.69) is 120 Å². The first-order valence-electron chi connectivity index (χ1n) is 46.4. The number of nitrogens with one attached hydrogen (secondary N) is 2. The Bertz CT molecular complexity index is 4150. The van der Waals surface area contributed by atoms with Crippen molar-refractivity contribution >= 4 is 64.8 Å². The fraction of sp³-hybridized carbons (Fsp3) is 0.600. The Morgan fingerprint density at radius 3 is 1.10 bits per heavy atom. The number of nitrogens with zero attached hydrogens (tertiary/aromatic N) is 2. The van der Waals surface area contributed by atoms with Gasteiger partial charge in [-0.25, -0.2) is 4.79 Å². The first-order chi connectivity index (χ1) is 60.5. The Morgan fingerprint density at radius 1 is 0.408 bits per heavy atom. The van der Waals surface area contributed by atoms with Crippen molar-refractivity contribution in [3.05, 3.63) is 123 Å². The molecule has 3 aromatic carbocycles. The van der Waals surface area contributed by atoms with Crippen molar-refractivity contribution < 1.29 is 76.4 Å². The van der Waals surface area contributed by atoms with E-state index in [1.165, 1.54) is 40.9 Å². The molecule has 682 valence electrons. The van der Waals surface area contributed by atoms with Crippen LogP contribution in [0.5, 0.6) is 0 Å². The van der Waals surface area contributed by atoms with E-state index >= 15 is 0 Å². The molecule has 20 heteroatoms. The molecular formula is C105H146N4O16. The van der Waals surface area contributed by atoms with Gasteiger partial charge < -0.3 is 39.1 Å². The smallest absolute Gasteiger partial charge is 0.407 e. The molecule has 6 atom stereocenters. The third kappa shape index (κ3) is 41.0. The quantitative estimate of drug-likeness (QED) is 0.0135. The number of rotatable bonds is 38. The van der Waals surface area contributed by atoms with Gasteiger partial charge in [-0.1, -0.05) is 130 Å². The summed E-state index contributed by atoms with van der Waals surface area (Å²) in [4.78, 5) is 121. The van der Waals surface area contributed by atoms with E-state index in [-0.39, 0.29) is 79.3 Å². The lowest BCUT2D eigenvalue weighted by molar-refractivity contribution is -0.145. The standard InChI is InChI=1S/C26H34O4.C22H29NO5.C19H24N2O4.C16H20O2.C13H15NO.3C3H8/c1-2-20-10-7-11-21(18-20)25(27)14-8-16-29-17-9-15-26(28)30-19-24-22-12-5-3-4-6-13-23(22)24;1-15-16(2)22(26)23(21(15)25)11-13-27-12-7-10-20(24)28-14-19-17-8-5-3-4-6-9-18(17)19;1-12-13(2)18(23)21(17(12)22)10-9-20-19(24)25-11-16-14-7-5-3-4-6-8-15(14)16;1-3-5-11-18-12-7-10-16(17)15-9-6-8-14(4-2)13-15;1-3-5-9-13(15)14-12-8-6-7-11(4-2)10-12;3*1-3-2/h7,10-11,18,22-24H,2,5-6,8-9,12-17,19H2,1H3;17-19H,5-14H2,1-2H3;14-16H,5-11H2,1-2H3,(H,20,24);1,6,8-9,13H,4-5,7,10-12H2,2H3;1,6-8,10H,4-5,9H2,2H3,(H,14,15);3*3H2,1-2H3. The van der Waals surface area contributed by atoms with Gasteiger partial charge >= 0.3 is 18.0 Å². The van der Waals surface area contributed by atoms with Crippen LogP contribution in [-0.2, 0) is 81.2 Å². The summed E-state index contributed by atoms with van der Waals surface area (Å²) in [6.07, 6.45) is 34.8. The predicted octanol–water partition coefficient (Wildman–Crippen LogP) is 19.4. The van der Waals surface area contributed by atoms with Crippen molar-refractivity contribution in [3.8, 4) is 60.2 Å². The maximum absolute atomic E-state index is 12.2. The van der Waals surface area contributed by atoms with Gasteiger partial charge in [0.1, 0.15) is 0 Å². The molecule has 11 rings (SSSR count). The second kappa shape index (κ2) is 63.1. The third-order valence-electron chi connectivity index (χ3n) is 22.8. The van der Waals surface area contributed by atoms with Crippen molar-refractivity contribution in [2.75, 3.05) is 84.4 Å². The van der Waals surface area contributed by atoms with Crippen molar-refractivity contribution in [2.45, 2.75) is 276 Å². The number of alkyl carbamates (subject to hydrolysis) is 1. The van der Waals surface area contributed by atoms with E-state index in [0.717, 1.165) is 124 Å². The number of fused-ring (bicyclic) bond motifs is 3. The average molecular weight is 1720 g/mol. The van der Waals surface area contributed by atoms with E-state index in [0.29, 0.717) is 193 Å². The zero-order valence-electron chi connectivity index (χ0n) is 77.7. The van der Waals surface area contributed by atoms with E-state index in [9.17, 15) is 47.9 Å². The number of Topliss-reactive ketones (excluding diaryl/α,β-unsaturated/α-hetero) is 2. The van der Waals surface area contributed by atoms with Crippen molar-refractivity contribution in [3.63, 3.8) is 0 Å². The first kappa shape index (κ1) is 107. The lowest BCUT2D eigenvalue weighted by Crippen LogP contribution is -2.39. The minimum atomic E-state index is -0.490. The number of terminal acetylenes is 2. The maximum atomic E-state index is 12.2. The second-order valence-corrected chi connectivity index (χ2v) is 32.8. The molecule has 0 aromatic heterocycles. The molecule has 3 fully saturated rings. The van der Waals surface area contributed by atoms with E-state index in [4.69, 9.17) is 41.3 Å². The van der Waals surface area contributed by atoms with Gasteiger partial charge in [-0.3, -0.25) is 53.0 Å². The lowest BCUT2D eigenvalue weighted by Gasteiger charge is -2.15. The summed E-state index contributed by atoms with van der Waals surface area (Å²) in [7, 11) is 0. The number of benzene rings is 3. The normalized spacial score (nSPS) is 19.8. The van der Waals surface area contributed by atoms with Crippen molar-refractivity contribution in [2.24, 2.45) is 53.3 Å². The summed E-state index contributed by atoms with van der Waals surface area (Å²) in [5.74, 6) is 28.6. The van der Waals surface area contributed by atoms with Gasteiger partial charge in [0.2, 0.25) is 5.91 Å². The highest BCUT2D eigenvalue weighted by Gasteiger charge is 2.51. The summed E-state index contributed by atoms with van der Waals surface area (Å²) in [6, 6.07) is 23.5. The number of hydrogen-bond donors (Lipinski definition) is 2. The molecule has 0 radical (unpaired) electrons. The van der Waals surface area contributed by atoms with Gasteiger partial charge in [0.05, 0.1) is 39.6 Å². The van der Waals surface area contributed by atoms with Crippen LogP contribution in [-0.4, -0.2) is 148 Å². The van der Waals surface area contributed by atoms with Crippen LogP contribution in [0, 0.1) is 113 Å². The third-order valence-corrected chi connectivity index (χ3v) is 22.8. The van der Waals surface area contributed by atoms with Gasteiger partial charge in [0.15, 0.2) is 11.6 Å². The fourth-order valence-electron chi connectivity index (χ4n) is 15.3. The largest absolute Gasteiger partial charge is 0.465 e. The van der Waals surface area contributed by atoms with Gasteiger partial charge in [0, 0.05) is 162 Å². The summed E-state index contributed by atoms with van der Waals surface area (Å²) in [6.45, 7) is 30.7. The van der Waals surface area contributed by atoms with Crippen LogP contribution in [0.25, 0.3) is 0 Å². The minimum absolute atomic E-state index is 0.0267. The fourth-order valence-corrected chi connectivity index (χ4v) is 15.3. The molecule has 6 amide bonds. The van der Waals surface area contributed by atoms with Crippen LogP contribution in [0.15, 0.2) is 95.1 Å². The number of ketones is 2. The zero-order chi connectivity index (χ0) is 91.7. The molecule has 2 aliphatic heterocycles. The topological polar surface area (TPSA) is 257 Å². The number of hydrogen-bond acceptors (Lipinski definition) is 16. The Hall–Kier alpha value is -9.88. The highest BCUT2D eigenvalue weighted by molar-refractivity contribution is 6.19. The molecule has 20 nitrogen and oxygen atoms in total. The van der Waals surface area contributed by atoms with Gasteiger partial charge in [-0.2, -0.15) is 0 Å². The molecule has 3 aromatic rings. The number of carbonyl (C=O) groups is 10. The minimum Gasteiger partial charge on any atom is -0.465 e. The number of aryl methyl sites for hydroxylation is 3. The summed E-state index contributed by atoms with van der Waals surface area (Å²) in [5.41, 5.74) is 7.98. The number of imide groups is 2. The van der Waals surface area contributed by atoms with Crippen LogP contribution in [0.4, 0.5) is 10.5 Å². The molecular weight excluding hydrogens is 1570 g/mol. The highest BCUT2D eigenvalue weighted by Crippen LogP contribution is 2.54. The van der Waals surface area contributed by atoms with Crippen LogP contribution < -0.4 is 10.6 Å². The van der Waals surface area contributed by atoms with Crippen LogP contribution in [0.1, 0.15) is 294 Å². The Kier molecular flexibility index (Phi) is 54.2. The number of anilines is 1. The molecule has 8 aliphatic rings. The van der Waals surface area contributed by atoms with Crippen LogP contribution >= 0.6 is 0 Å². The van der Waals surface area contributed by atoms with Crippen LogP contribution in [0.2, 0.25) is 0 Å². The lowest BCUT2D eigenvalue weighted by atomic mass is 10.0. The number of carbonyl (C=O) groups excluding carboxylic acids is 10. The first-order valence-corrected chi connectivity index (χ1v) is 46.4. The molecule has 2 N–H and O–H groups in total. The Morgan fingerprint density at radius 2 is 0.736 bits per heavy atom. The Balaban J connectivity index is 0.000000325. The van der Waals surface area contributed by atoms with E-state index in [1.54, 1.807) is 27.7 Å². The molecule has 3 saturated carbocycles. The monoisotopic (exact) mass is 1720 g/mol. The molecule has 2 heterocycles. The summed E-state index contributed by atoms with van der Waals surface area (Å²) >= 11 is 0. The van der Waals surface area contributed by atoms with Gasteiger partial charge in [-0.05, 0) is 205 Å². The predicted molar refractivity (Wildman–Crippen MR) is 495 cm³/mol. The maximum Gasteiger partial charge on any atom is 0.407 e.